The van der Waals surface area contributed by atoms with Gasteiger partial charge in [0.05, 0.1) is 0 Å². The molecule has 4 nitrogen and oxygen atoms in total. The Balaban J connectivity index is 1.95. The third-order valence-electron chi connectivity index (χ3n) is 3.49. The molecule has 1 aromatic heterocycles. The molecule has 0 saturated heterocycles. The molecule has 0 atom stereocenters. The average Bonchev–Trinajstić information content (AvgIpc) is 2.97. The van der Waals surface area contributed by atoms with E-state index in [2.05, 4.69) is 29.2 Å². The molecule has 0 aliphatic carbocycles. The summed E-state index contributed by atoms with van der Waals surface area (Å²) in [6, 6.07) is 13.2. The third-order valence-corrected chi connectivity index (χ3v) is 3.49. The van der Waals surface area contributed by atoms with Gasteiger partial charge < -0.3 is 9.63 Å². The van der Waals surface area contributed by atoms with E-state index in [9.17, 15) is 5.11 Å². The largest absolute Gasteiger partial charge is 0.508 e. The molecule has 3 aromatic rings. The average molecular weight is 280 g/mol. The second-order valence-corrected chi connectivity index (χ2v) is 4.97. The van der Waals surface area contributed by atoms with Gasteiger partial charge in [0.15, 0.2) is 0 Å². The standard InChI is InChI=1S/C17H16N2O2/c1-3-12-4-6-13(7-5-12)16-18-17(21-19-16)15-9-8-14(20)10-11(15)2/h4-10,20H,3H2,1-2H3. The second kappa shape index (κ2) is 5.40. The zero-order valence-electron chi connectivity index (χ0n) is 12.0. The lowest BCUT2D eigenvalue weighted by Gasteiger charge is -2.00. The van der Waals surface area contributed by atoms with Crippen molar-refractivity contribution in [3.8, 4) is 28.6 Å². The van der Waals surface area contributed by atoms with Crippen LogP contribution in [0.4, 0.5) is 0 Å². The van der Waals surface area contributed by atoms with Crippen LogP contribution < -0.4 is 0 Å². The number of phenolic OH excluding ortho intramolecular Hbond substituents is 1. The minimum Gasteiger partial charge on any atom is -0.508 e. The van der Waals surface area contributed by atoms with Crippen molar-refractivity contribution in [1.29, 1.82) is 0 Å². The number of aryl methyl sites for hydroxylation is 2. The number of hydrogen-bond donors (Lipinski definition) is 1. The Bertz CT molecular complexity index is 761. The Morgan fingerprint density at radius 3 is 2.52 bits per heavy atom. The quantitative estimate of drug-likeness (QED) is 0.788. The van der Waals surface area contributed by atoms with Gasteiger partial charge in [-0.1, -0.05) is 36.3 Å². The first-order valence-corrected chi connectivity index (χ1v) is 6.90. The zero-order chi connectivity index (χ0) is 14.8. The number of aromatic nitrogens is 2. The second-order valence-electron chi connectivity index (χ2n) is 4.97. The highest BCUT2D eigenvalue weighted by Crippen LogP contribution is 2.27. The summed E-state index contributed by atoms with van der Waals surface area (Å²) in [5, 5.41) is 13.5. The van der Waals surface area contributed by atoms with Crippen molar-refractivity contribution >= 4 is 0 Å². The van der Waals surface area contributed by atoms with Crippen molar-refractivity contribution in [3.63, 3.8) is 0 Å². The van der Waals surface area contributed by atoms with Crippen LogP contribution in [-0.4, -0.2) is 15.2 Å². The molecule has 0 saturated carbocycles. The normalized spacial score (nSPS) is 10.8. The highest BCUT2D eigenvalue weighted by Gasteiger charge is 2.12. The van der Waals surface area contributed by atoms with Crippen molar-refractivity contribution in [3.05, 3.63) is 53.6 Å². The summed E-state index contributed by atoms with van der Waals surface area (Å²) in [5.74, 6) is 1.26. The SMILES string of the molecule is CCc1ccc(-c2noc(-c3ccc(O)cc3C)n2)cc1. The molecule has 0 radical (unpaired) electrons. The van der Waals surface area contributed by atoms with Crippen LogP contribution in [0.15, 0.2) is 47.0 Å². The third kappa shape index (κ3) is 2.65. The van der Waals surface area contributed by atoms with Gasteiger partial charge in [-0.3, -0.25) is 0 Å². The summed E-state index contributed by atoms with van der Waals surface area (Å²) in [6.07, 6.45) is 1.00. The van der Waals surface area contributed by atoms with Crippen LogP contribution in [0.3, 0.4) is 0 Å². The fourth-order valence-electron chi connectivity index (χ4n) is 2.23. The van der Waals surface area contributed by atoms with Crippen molar-refractivity contribution in [2.75, 3.05) is 0 Å². The van der Waals surface area contributed by atoms with E-state index in [0.29, 0.717) is 11.7 Å². The molecular weight excluding hydrogens is 264 g/mol. The minimum absolute atomic E-state index is 0.228. The van der Waals surface area contributed by atoms with Gasteiger partial charge in [-0.15, -0.1) is 0 Å². The number of phenols is 1. The van der Waals surface area contributed by atoms with Crippen LogP contribution in [0.1, 0.15) is 18.1 Å². The fraction of sp³-hybridized carbons (Fsp3) is 0.176. The topological polar surface area (TPSA) is 59.2 Å². The van der Waals surface area contributed by atoms with Crippen LogP contribution in [0.25, 0.3) is 22.8 Å². The van der Waals surface area contributed by atoms with Crippen LogP contribution >= 0.6 is 0 Å². The van der Waals surface area contributed by atoms with E-state index in [1.165, 1.54) is 5.56 Å². The summed E-state index contributed by atoms with van der Waals surface area (Å²) in [5.41, 5.74) is 3.93. The van der Waals surface area contributed by atoms with Crippen LogP contribution in [0.5, 0.6) is 5.75 Å². The van der Waals surface area contributed by atoms with Crippen molar-refractivity contribution < 1.29 is 9.63 Å². The number of aromatic hydroxyl groups is 1. The first-order valence-electron chi connectivity index (χ1n) is 6.90. The maximum Gasteiger partial charge on any atom is 0.258 e. The minimum atomic E-state index is 0.228. The summed E-state index contributed by atoms with van der Waals surface area (Å²) in [7, 11) is 0. The van der Waals surface area contributed by atoms with Gasteiger partial charge in [-0.25, -0.2) is 0 Å². The number of nitrogens with zero attached hydrogens (tertiary/aromatic N) is 2. The molecule has 0 amide bonds. The first-order chi connectivity index (χ1) is 10.2. The number of rotatable bonds is 3. The summed E-state index contributed by atoms with van der Waals surface area (Å²) in [6.45, 7) is 4.02. The van der Waals surface area contributed by atoms with Gasteiger partial charge in [-0.05, 0) is 42.7 Å². The van der Waals surface area contributed by atoms with E-state index in [0.717, 1.165) is 23.1 Å². The highest BCUT2D eigenvalue weighted by atomic mass is 16.5. The molecule has 1 heterocycles. The van der Waals surface area contributed by atoms with Gasteiger partial charge in [0, 0.05) is 11.1 Å². The molecule has 3 rings (SSSR count). The molecule has 1 N–H and O–H groups in total. The summed E-state index contributed by atoms with van der Waals surface area (Å²) in [4.78, 5) is 4.44. The van der Waals surface area contributed by atoms with E-state index in [4.69, 9.17) is 4.52 Å². The summed E-state index contributed by atoms with van der Waals surface area (Å²) >= 11 is 0. The van der Waals surface area contributed by atoms with Crippen molar-refractivity contribution in [1.82, 2.24) is 10.1 Å². The Kier molecular flexibility index (Phi) is 3.44. The van der Waals surface area contributed by atoms with Gasteiger partial charge in [0.25, 0.3) is 5.89 Å². The zero-order valence-corrected chi connectivity index (χ0v) is 12.0. The van der Waals surface area contributed by atoms with E-state index in [1.807, 2.05) is 19.1 Å². The number of benzene rings is 2. The molecule has 0 unspecified atom stereocenters. The first kappa shape index (κ1) is 13.4. The molecule has 106 valence electrons. The van der Waals surface area contributed by atoms with Crippen molar-refractivity contribution in [2.45, 2.75) is 20.3 Å². The maximum atomic E-state index is 9.45. The molecule has 0 bridgehead atoms. The molecule has 4 heteroatoms. The van der Waals surface area contributed by atoms with Crippen LogP contribution in [0.2, 0.25) is 0 Å². The van der Waals surface area contributed by atoms with Crippen LogP contribution in [-0.2, 0) is 6.42 Å². The van der Waals surface area contributed by atoms with E-state index in [1.54, 1.807) is 18.2 Å². The lowest BCUT2D eigenvalue weighted by Crippen LogP contribution is -1.85. The Morgan fingerprint density at radius 2 is 1.86 bits per heavy atom. The smallest absolute Gasteiger partial charge is 0.258 e. The van der Waals surface area contributed by atoms with E-state index >= 15 is 0 Å². The monoisotopic (exact) mass is 280 g/mol. The lowest BCUT2D eigenvalue weighted by atomic mass is 10.1. The van der Waals surface area contributed by atoms with Gasteiger partial charge in [0.1, 0.15) is 5.75 Å². The van der Waals surface area contributed by atoms with Gasteiger partial charge in [-0.2, -0.15) is 4.98 Å². The molecule has 0 fully saturated rings. The molecule has 0 aliphatic rings. The maximum absolute atomic E-state index is 9.45. The Morgan fingerprint density at radius 1 is 1.10 bits per heavy atom. The number of hydrogen-bond acceptors (Lipinski definition) is 4. The Hall–Kier alpha value is -2.62. The fourth-order valence-corrected chi connectivity index (χ4v) is 2.23. The van der Waals surface area contributed by atoms with Gasteiger partial charge >= 0.3 is 0 Å². The molecule has 21 heavy (non-hydrogen) atoms. The molecule has 2 aromatic carbocycles. The van der Waals surface area contributed by atoms with E-state index in [-0.39, 0.29) is 5.75 Å². The lowest BCUT2D eigenvalue weighted by molar-refractivity contribution is 0.432. The van der Waals surface area contributed by atoms with Crippen LogP contribution in [0, 0.1) is 6.92 Å². The molecule has 0 aliphatic heterocycles. The Labute approximate surface area is 123 Å². The highest BCUT2D eigenvalue weighted by molar-refractivity contribution is 5.63. The molecule has 0 spiro atoms. The van der Waals surface area contributed by atoms with E-state index < -0.39 is 0 Å². The molecular formula is C17H16N2O2. The summed E-state index contributed by atoms with van der Waals surface area (Å²) < 4.78 is 5.34. The van der Waals surface area contributed by atoms with Crippen molar-refractivity contribution in [2.24, 2.45) is 0 Å². The predicted molar refractivity (Wildman–Crippen MR) is 80.9 cm³/mol. The van der Waals surface area contributed by atoms with Gasteiger partial charge in [0.2, 0.25) is 5.82 Å². The predicted octanol–water partition coefficient (Wildman–Crippen LogP) is 3.98.